The van der Waals surface area contributed by atoms with Crippen LogP contribution < -0.4 is 4.31 Å². The first-order valence-electron chi connectivity index (χ1n) is 7.38. The zero-order valence-electron chi connectivity index (χ0n) is 11.8. The first kappa shape index (κ1) is 14.4. The maximum absolute atomic E-state index is 12.8. The molecule has 3 rings (SSSR count). The summed E-state index contributed by atoms with van der Waals surface area (Å²) in [4.78, 5) is 11.1. The van der Waals surface area contributed by atoms with Crippen LogP contribution in [0.15, 0.2) is 18.2 Å². The SMILES string of the molecule is O=C(O)c1ccc2c(c1)N(S(=O)(=O)C1CCCCC1)CC2. The molecule has 0 spiro atoms. The van der Waals surface area contributed by atoms with Crippen molar-refractivity contribution in [1.29, 1.82) is 0 Å². The molecule has 1 aromatic rings. The van der Waals surface area contributed by atoms with E-state index >= 15 is 0 Å². The van der Waals surface area contributed by atoms with E-state index in [1.165, 1.54) is 16.4 Å². The predicted octanol–water partition coefficient (Wildman–Crippen LogP) is 2.41. The summed E-state index contributed by atoms with van der Waals surface area (Å²) >= 11 is 0. The number of carboxylic acids is 1. The Balaban J connectivity index is 1.95. The summed E-state index contributed by atoms with van der Waals surface area (Å²) in [6.07, 6.45) is 5.10. The van der Waals surface area contributed by atoms with E-state index in [2.05, 4.69) is 0 Å². The van der Waals surface area contributed by atoms with Gasteiger partial charge in [-0.2, -0.15) is 0 Å². The Morgan fingerprint density at radius 3 is 2.57 bits per heavy atom. The molecule has 0 radical (unpaired) electrons. The van der Waals surface area contributed by atoms with Gasteiger partial charge in [0.15, 0.2) is 0 Å². The number of sulfonamides is 1. The first-order chi connectivity index (χ1) is 10.00. The number of carbonyl (C=O) groups is 1. The van der Waals surface area contributed by atoms with Gasteiger partial charge in [0, 0.05) is 6.54 Å². The van der Waals surface area contributed by atoms with Gasteiger partial charge in [0.1, 0.15) is 0 Å². The molecule has 0 saturated heterocycles. The van der Waals surface area contributed by atoms with Crippen molar-refractivity contribution in [2.45, 2.75) is 43.8 Å². The predicted molar refractivity (Wildman–Crippen MR) is 80.2 cm³/mol. The number of benzene rings is 1. The third-order valence-electron chi connectivity index (χ3n) is 4.47. The molecule has 21 heavy (non-hydrogen) atoms. The van der Waals surface area contributed by atoms with Gasteiger partial charge in [-0.3, -0.25) is 4.31 Å². The van der Waals surface area contributed by atoms with Gasteiger partial charge in [0.25, 0.3) is 0 Å². The second-order valence-electron chi connectivity index (χ2n) is 5.78. The van der Waals surface area contributed by atoms with Crippen molar-refractivity contribution in [2.24, 2.45) is 0 Å². The van der Waals surface area contributed by atoms with Gasteiger partial charge in [-0.15, -0.1) is 0 Å². The second kappa shape index (κ2) is 5.33. The van der Waals surface area contributed by atoms with Crippen LogP contribution in [-0.4, -0.2) is 31.3 Å². The monoisotopic (exact) mass is 309 g/mol. The molecule has 0 bridgehead atoms. The molecule has 1 N–H and O–H groups in total. The lowest BCUT2D eigenvalue weighted by molar-refractivity contribution is 0.0697. The lowest BCUT2D eigenvalue weighted by Gasteiger charge is -2.28. The zero-order chi connectivity index (χ0) is 15.0. The second-order valence-corrected chi connectivity index (χ2v) is 7.91. The van der Waals surface area contributed by atoms with Gasteiger partial charge in [-0.05, 0) is 37.0 Å². The summed E-state index contributed by atoms with van der Waals surface area (Å²) in [5.74, 6) is -1.03. The van der Waals surface area contributed by atoms with E-state index in [0.29, 0.717) is 31.5 Å². The molecule has 1 fully saturated rings. The largest absolute Gasteiger partial charge is 0.478 e. The molecule has 0 atom stereocenters. The Bertz CT molecular complexity index is 662. The van der Waals surface area contributed by atoms with Gasteiger partial charge in [-0.25, -0.2) is 13.2 Å². The van der Waals surface area contributed by atoms with Crippen molar-refractivity contribution < 1.29 is 18.3 Å². The molecular formula is C15H19NO4S. The van der Waals surface area contributed by atoms with Gasteiger partial charge in [0.2, 0.25) is 10.0 Å². The van der Waals surface area contributed by atoms with Crippen LogP contribution in [0.1, 0.15) is 48.0 Å². The van der Waals surface area contributed by atoms with Crippen molar-refractivity contribution in [3.63, 3.8) is 0 Å². The molecule has 1 saturated carbocycles. The van der Waals surface area contributed by atoms with Crippen LogP contribution in [0, 0.1) is 0 Å². The molecule has 5 nitrogen and oxygen atoms in total. The van der Waals surface area contributed by atoms with E-state index in [1.54, 1.807) is 6.07 Å². The highest BCUT2D eigenvalue weighted by Crippen LogP contribution is 2.35. The first-order valence-corrected chi connectivity index (χ1v) is 8.88. The van der Waals surface area contributed by atoms with Crippen LogP contribution in [0.5, 0.6) is 0 Å². The van der Waals surface area contributed by atoms with Gasteiger partial charge < -0.3 is 5.11 Å². The van der Waals surface area contributed by atoms with E-state index in [-0.39, 0.29) is 10.8 Å². The van der Waals surface area contributed by atoms with Crippen LogP contribution in [-0.2, 0) is 16.4 Å². The number of rotatable bonds is 3. The zero-order valence-corrected chi connectivity index (χ0v) is 12.6. The Hall–Kier alpha value is -1.56. The van der Waals surface area contributed by atoms with Crippen molar-refractivity contribution in [1.82, 2.24) is 0 Å². The third kappa shape index (κ3) is 2.52. The Morgan fingerprint density at radius 1 is 1.19 bits per heavy atom. The summed E-state index contributed by atoms with van der Waals surface area (Å²) in [5.41, 5.74) is 1.61. The number of fused-ring (bicyclic) bond motifs is 1. The third-order valence-corrected chi connectivity index (χ3v) is 6.77. The van der Waals surface area contributed by atoms with E-state index in [1.807, 2.05) is 0 Å². The fourth-order valence-corrected chi connectivity index (χ4v) is 5.37. The minimum absolute atomic E-state index is 0.138. The van der Waals surface area contributed by atoms with E-state index < -0.39 is 16.0 Å². The van der Waals surface area contributed by atoms with Gasteiger partial charge in [-0.1, -0.05) is 25.3 Å². The maximum Gasteiger partial charge on any atom is 0.335 e. The Morgan fingerprint density at radius 2 is 1.90 bits per heavy atom. The highest BCUT2D eigenvalue weighted by Gasteiger charge is 2.36. The smallest absolute Gasteiger partial charge is 0.335 e. The van der Waals surface area contributed by atoms with E-state index in [9.17, 15) is 13.2 Å². The molecule has 1 aromatic carbocycles. The minimum Gasteiger partial charge on any atom is -0.478 e. The van der Waals surface area contributed by atoms with Crippen LogP contribution in [0.25, 0.3) is 0 Å². The highest BCUT2D eigenvalue weighted by molar-refractivity contribution is 7.93. The van der Waals surface area contributed by atoms with Crippen LogP contribution in [0.4, 0.5) is 5.69 Å². The molecule has 0 aromatic heterocycles. The summed E-state index contributed by atoms with van der Waals surface area (Å²) in [5, 5.41) is 8.77. The Kier molecular flexibility index (Phi) is 3.65. The molecule has 0 unspecified atom stereocenters. The summed E-state index contributed by atoms with van der Waals surface area (Å²) in [6.45, 7) is 0.428. The topological polar surface area (TPSA) is 74.7 Å². The molecule has 2 aliphatic rings. The summed E-state index contributed by atoms with van der Waals surface area (Å²) < 4.78 is 27.1. The number of hydrogen-bond acceptors (Lipinski definition) is 3. The molecule has 114 valence electrons. The molecule has 1 heterocycles. The van der Waals surface area contributed by atoms with Gasteiger partial charge >= 0.3 is 5.97 Å². The molecule has 1 aliphatic carbocycles. The number of aromatic carboxylic acids is 1. The highest BCUT2D eigenvalue weighted by atomic mass is 32.2. The lowest BCUT2D eigenvalue weighted by Crippen LogP contribution is -2.38. The fraction of sp³-hybridized carbons (Fsp3) is 0.533. The molecule has 1 aliphatic heterocycles. The number of carboxylic acid groups (broad SMARTS) is 1. The molecule has 6 heteroatoms. The Labute approximate surface area is 124 Å². The van der Waals surface area contributed by atoms with Crippen LogP contribution in [0.2, 0.25) is 0 Å². The number of anilines is 1. The van der Waals surface area contributed by atoms with E-state index in [4.69, 9.17) is 5.11 Å². The maximum atomic E-state index is 12.8. The number of nitrogens with zero attached hydrogens (tertiary/aromatic N) is 1. The average molecular weight is 309 g/mol. The standard InChI is InChI=1S/C15H19NO4S/c17-15(18)12-7-6-11-8-9-16(14(11)10-12)21(19,20)13-4-2-1-3-5-13/h6-7,10,13H,1-5,8-9H2,(H,17,18). The van der Waals surface area contributed by atoms with Crippen LogP contribution in [0.3, 0.4) is 0 Å². The lowest BCUT2D eigenvalue weighted by atomic mass is 10.0. The molecular weight excluding hydrogens is 290 g/mol. The summed E-state index contributed by atoms with van der Waals surface area (Å²) in [7, 11) is -3.38. The van der Waals surface area contributed by atoms with E-state index in [0.717, 1.165) is 24.8 Å². The van der Waals surface area contributed by atoms with Crippen LogP contribution >= 0.6 is 0 Å². The van der Waals surface area contributed by atoms with Crippen molar-refractivity contribution in [3.05, 3.63) is 29.3 Å². The quantitative estimate of drug-likeness (QED) is 0.930. The average Bonchev–Trinajstić information content (AvgIpc) is 2.91. The number of hydrogen-bond donors (Lipinski definition) is 1. The van der Waals surface area contributed by atoms with Gasteiger partial charge in [0.05, 0.1) is 16.5 Å². The fourth-order valence-electron chi connectivity index (χ4n) is 3.29. The summed E-state index contributed by atoms with van der Waals surface area (Å²) in [6, 6.07) is 4.76. The van der Waals surface area contributed by atoms with Crippen molar-refractivity contribution >= 4 is 21.7 Å². The molecule has 0 amide bonds. The normalized spacial score (nSPS) is 19.5. The van der Waals surface area contributed by atoms with Crippen molar-refractivity contribution in [3.8, 4) is 0 Å². The van der Waals surface area contributed by atoms with Crippen molar-refractivity contribution in [2.75, 3.05) is 10.8 Å². The minimum atomic E-state index is -3.38.